The van der Waals surface area contributed by atoms with E-state index in [0.29, 0.717) is 11.4 Å². The van der Waals surface area contributed by atoms with Crippen LogP contribution in [0.4, 0.5) is 5.69 Å². The minimum Gasteiger partial charge on any atom is -0.496 e. The molecule has 0 fully saturated rings. The summed E-state index contributed by atoms with van der Waals surface area (Å²) < 4.78 is 12.5. The van der Waals surface area contributed by atoms with Crippen molar-refractivity contribution < 1.29 is 23.9 Å². The molecule has 194 valence electrons. The average molecular weight is 530 g/mol. The molecule has 8 nitrogen and oxygen atoms in total. The van der Waals surface area contributed by atoms with Crippen molar-refractivity contribution in [2.45, 2.75) is 17.6 Å². The van der Waals surface area contributed by atoms with Gasteiger partial charge in [-0.2, -0.15) is 0 Å². The molecule has 2 amide bonds. The van der Waals surface area contributed by atoms with Crippen molar-refractivity contribution in [3.05, 3.63) is 89.5 Å². The van der Waals surface area contributed by atoms with Gasteiger partial charge in [-0.1, -0.05) is 60.3 Å². The summed E-state index contributed by atoms with van der Waals surface area (Å²) in [5.74, 6) is -0.494. The van der Waals surface area contributed by atoms with Gasteiger partial charge in [-0.3, -0.25) is 14.5 Å². The zero-order valence-electron chi connectivity index (χ0n) is 21.3. The maximum Gasteiger partial charge on any atom is 0.339 e. The van der Waals surface area contributed by atoms with Crippen molar-refractivity contribution in [2.24, 2.45) is 7.05 Å². The molecule has 0 saturated carbocycles. The Balaban J connectivity index is 1.68. The number of rotatable bonds is 6. The van der Waals surface area contributed by atoms with Crippen LogP contribution in [0.1, 0.15) is 27.5 Å². The quantitative estimate of drug-likeness (QED) is 0.371. The number of amides is 2. The standard InChI is InChI=1S/C29H27N3O5S/c1-31-21-13-7-5-11-19(21)25-26(27(34)30-16-18-10-4-9-15-23(18)36-2)32(24(33)17-38-28(25)31)22-14-8-6-12-20(22)29(35)37-3/h4-15,26H,16-17H2,1-3H3,(H,30,34)/t26-/m1/s1. The van der Waals surface area contributed by atoms with Crippen LogP contribution in [0.15, 0.2) is 77.8 Å². The van der Waals surface area contributed by atoms with Gasteiger partial charge in [0.1, 0.15) is 11.8 Å². The molecule has 0 radical (unpaired) electrons. The maximum atomic E-state index is 14.1. The zero-order chi connectivity index (χ0) is 26.8. The van der Waals surface area contributed by atoms with Crippen molar-refractivity contribution in [1.82, 2.24) is 9.88 Å². The lowest BCUT2D eigenvalue weighted by atomic mass is 10.0. The third-order valence-corrected chi connectivity index (χ3v) is 7.84. The summed E-state index contributed by atoms with van der Waals surface area (Å²) in [5, 5.41) is 4.72. The largest absolute Gasteiger partial charge is 0.496 e. The molecule has 38 heavy (non-hydrogen) atoms. The maximum absolute atomic E-state index is 14.1. The van der Waals surface area contributed by atoms with Crippen LogP contribution >= 0.6 is 11.8 Å². The second-order valence-corrected chi connectivity index (χ2v) is 9.75. The predicted octanol–water partition coefficient (Wildman–Crippen LogP) is 4.47. The number of hydrogen-bond acceptors (Lipinski definition) is 6. The third kappa shape index (κ3) is 4.39. The van der Waals surface area contributed by atoms with E-state index in [2.05, 4.69) is 5.32 Å². The Hall–Kier alpha value is -4.24. The number of anilines is 1. The fourth-order valence-electron chi connectivity index (χ4n) is 4.93. The van der Waals surface area contributed by atoms with E-state index >= 15 is 0 Å². The number of nitrogens with one attached hydrogen (secondary N) is 1. The number of fused-ring (bicyclic) bond motifs is 3. The van der Waals surface area contributed by atoms with E-state index in [9.17, 15) is 14.4 Å². The molecule has 5 rings (SSSR count). The summed E-state index contributed by atoms with van der Waals surface area (Å²) >= 11 is 1.39. The summed E-state index contributed by atoms with van der Waals surface area (Å²) in [5.41, 5.74) is 3.00. The van der Waals surface area contributed by atoms with Gasteiger partial charge in [0, 0.05) is 35.6 Å². The van der Waals surface area contributed by atoms with E-state index in [1.807, 2.05) is 60.1 Å². The number of aryl methyl sites for hydroxylation is 1. The SMILES string of the molecule is COC(=O)c1ccccc1N1C(=O)CSc2c(c3ccccc3n2C)[C@@H]1C(=O)NCc1ccccc1OC. The summed E-state index contributed by atoms with van der Waals surface area (Å²) in [6.45, 7) is 0.202. The highest BCUT2D eigenvalue weighted by atomic mass is 32.2. The fourth-order valence-corrected chi connectivity index (χ4v) is 6.00. The van der Waals surface area contributed by atoms with Crippen LogP contribution in [0.2, 0.25) is 0 Å². The fraction of sp³-hybridized carbons (Fsp3) is 0.207. The van der Waals surface area contributed by atoms with E-state index < -0.39 is 12.0 Å². The van der Waals surface area contributed by atoms with Crippen molar-refractivity contribution >= 4 is 46.1 Å². The zero-order valence-corrected chi connectivity index (χ0v) is 22.1. The van der Waals surface area contributed by atoms with Gasteiger partial charge in [-0.15, -0.1) is 0 Å². The highest BCUT2D eigenvalue weighted by molar-refractivity contribution is 8.00. The normalized spacial score (nSPS) is 15.1. The first-order chi connectivity index (χ1) is 18.5. The lowest BCUT2D eigenvalue weighted by Crippen LogP contribution is -2.44. The minimum atomic E-state index is -1.03. The number of ether oxygens (including phenoxy) is 2. The van der Waals surface area contributed by atoms with Crippen molar-refractivity contribution in [3.8, 4) is 5.75 Å². The summed E-state index contributed by atoms with van der Waals surface area (Å²) in [7, 11) is 4.80. The van der Waals surface area contributed by atoms with Crippen LogP contribution in [0.3, 0.4) is 0 Å². The second-order valence-electron chi connectivity index (χ2n) is 8.79. The molecule has 3 aromatic carbocycles. The Labute approximate surface area is 224 Å². The van der Waals surface area contributed by atoms with Gasteiger partial charge in [0.2, 0.25) is 11.8 Å². The van der Waals surface area contributed by atoms with Gasteiger partial charge in [-0.25, -0.2) is 4.79 Å². The van der Waals surface area contributed by atoms with Crippen LogP contribution in [0, 0.1) is 0 Å². The van der Waals surface area contributed by atoms with E-state index in [-0.39, 0.29) is 29.7 Å². The Kier molecular flexibility index (Phi) is 7.11. The molecule has 4 aromatic rings. The Morgan fingerprint density at radius 2 is 1.71 bits per heavy atom. The first-order valence-electron chi connectivity index (χ1n) is 12.0. The topological polar surface area (TPSA) is 89.9 Å². The number of aromatic nitrogens is 1. The molecule has 0 saturated heterocycles. The van der Waals surface area contributed by atoms with Gasteiger partial charge in [0.15, 0.2) is 0 Å². The lowest BCUT2D eigenvalue weighted by Gasteiger charge is -2.31. The molecule has 2 heterocycles. The number of carbonyl (C=O) groups is 3. The molecule has 1 aliphatic rings. The average Bonchev–Trinajstić information content (AvgIpc) is 3.13. The minimum absolute atomic E-state index is 0.100. The number of benzene rings is 3. The molecule has 0 aliphatic carbocycles. The van der Waals surface area contributed by atoms with Gasteiger partial charge in [0.25, 0.3) is 0 Å². The lowest BCUT2D eigenvalue weighted by molar-refractivity contribution is -0.125. The smallest absolute Gasteiger partial charge is 0.339 e. The van der Waals surface area contributed by atoms with Crippen molar-refractivity contribution in [2.75, 3.05) is 24.9 Å². The summed E-state index contributed by atoms with van der Waals surface area (Å²) in [6.07, 6.45) is 0. The van der Waals surface area contributed by atoms with Gasteiger partial charge in [-0.05, 0) is 24.3 Å². The Morgan fingerprint density at radius 1 is 1.00 bits per heavy atom. The molecule has 9 heteroatoms. The number of hydrogen-bond donors (Lipinski definition) is 1. The Morgan fingerprint density at radius 3 is 2.50 bits per heavy atom. The third-order valence-electron chi connectivity index (χ3n) is 6.69. The van der Waals surface area contributed by atoms with Crippen LogP contribution in [0.25, 0.3) is 10.9 Å². The molecular formula is C29H27N3O5S. The second kappa shape index (κ2) is 10.6. The predicted molar refractivity (Wildman–Crippen MR) is 146 cm³/mol. The van der Waals surface area contributed by atoms with Gasteiger partial charge >= 0.3 is 5.97 Å². The van der Waals surface area contributed by atoms with E-state index in [4.69, 9.17) is 9.47 Å². The molecule has 0 spiro atoms. The van der Waals surface area contributed by atoms with Crippen molar-refractivity contribution in [3.63, 3.8) is 0 Å². The van der Waals surface area contributed by atoms with Gasteiger partial charge in [0.05, 0.1) is 36.2 Å². The van der Waals surface area contributed by atoms with Crippen LogP contribution < -0.4 is 15.0 Å². The number of esters is 1. The first kappa shape index (κ1) is 25.4. The summed E-state index contributed by atoms with van der Waals surface area (Å²) in [6, 6.07) is 20.9. The monoisotopic (exact) mass is 529 g/mol. The van der Waals surface area contributed by atoms with Crippen LogP contribution in [-0.2, 0) is 27.9 Å². The Bertz CT molecular complexity index is 1550. The van der Waals surface area contributed by atoms with E-state index in [0.717, 1.165) is 27.1 Å². The molecule has 0 bridgehead atoms. The summed E-state index contributed by atoms with van der Waals surface area (Å²) in [4.78, 5) is 42.0. The molecule has 0 unspecified atom stereocenters. The number of methoxy groups -OCH3 is 2. The molecule has 1 aromatic heterocycles. The van der Waals surface area contributed by atoms with Gasteiger partial charge < -0.3 is 19.4 Å². The number of para-hydroxylation sites is 3. The molecule has 1 N–H and O–H groups in total. The van der Waals surface area contributed by atoms with Crippen LogP contribution in [-0.4, -0.2) is 42.3 Å². The molecule has 1 atom stereocenters. The highest BCUT2D eigenvalue weighted by Crippen LogP contribution is 2.44. The van der Waals surface area contributed by atoms with Crippen LogP contribution in [0.5, 0.6) is 5.75 Å². The number of nitrogens with zero attached hydrogens (tertiary/aromatic N) is 2. The highest BCUT2D eigenvalue weighted by Gasteiger charge is 2.41. The first-order valence-corrected chi connectivity index (χ1v) is 13.0. The van der Waals surface area contributed by atoms with E-state index in [1.54, 1.807) is 31.4 Å². The molecular weight excluding hydrogens is 502 g/mol. The number of carbonyl (C=O) groups excluding carboxylic acids is 3. The molecule has 1 aliphatic heterocycles. The van der Waals surface area contributed by atoms with E-state index in [1.165, 1.54) is 23.8 Å². The van der Waals surface area contributed by atoms with Crippen molar-refractivity contribution in [1.29, 1.82) is 0 Å². The number of thioether (sulfide) groups is 1.